The second kappa shape index (κ2) is 5.24. The molecule has 0 saturated heterocycles. The number of thiophene rings is 1. The first-order chi connectivity index (χ1) is 5.74. The molecule has 0 N–H and O–H groups in total. The Kier molecular flexibility index (Phi) is 4.60. The zero-order chi connectivity index (χ0) is 8.97. The zero-order valence-corrected chi connectivity index (χ0v) is 10.5. The van der Waals surface area contributed by atoms with Crippen molar-refractivity contribution < 1.29 is 4.79 Å². The van der Waals surface area contributed by atoms with Crippen LogP contribution in [0.3, 0.4) is 0 Å². The zero-order valence-electron chi connectivity index (χ0n) is 6.67. The van der Waals surface area contributed by atoms with E-state index in [-0.39, 0.29) is 5.78 Å². The lowest BCUT2D eigenvalue weighted by atomic mass is 10.2. The first-order valence-corrected chi connectivity index (χ1v) is 6.85. The van der Waals surface area contributed by atoms with Crippen molar-refractivity contribution in [1.29, 1.82) is 0 Å². The van der Waals surface area contributed by atoms with Crippen molar-refractivity contribution in [3.8, 4) is 0 Å². The maximum atomic E-state index is 11.4. The van der Waals surface area contributed by atoms with Gasteiger partial charge >= 0.3 is 0 Å². The van der Waals surface area contributed by atoms with Crippen LogP contribution >= 0.6 is 45.7 Å². The van der Waals surface area contributed by atoms with Crippen LogP contribution in [0.15, 0.2) is 11.4 Å². The first-order valence-electron chi connectivity index (χ1n) is 3.50. The Morgan fingerprint density at radius 2 is 2.50 bits per heavy atom. The Labute approximate surface area is 94.1 Å². The maximum absolute atomic E-state index is 11.4. The Balaban J connectivity index is 2.53. The number of halogens is 1. The lowest BCUT2D eigenvalue weighted by molar-refractivity contribution is 0.0990. The highest BCUT2D eigenvalue weighted by Gasteiger charge is 2.06. The summed E-state index contributed by atoms with van der Waals surface area (Å²) in [6, 6.07) is 1.95. The summed E-state index contributed by atoms with van der Waals surface area (Å²) in [5.41, 5.74) is 0.874. The van der Waals surface area contributed by atoms with E-state index in [4.69, 9.17) is 0 Å². The molecular weight excluding hydrogens is 303 g/mol. The summed E-state index contributed by atoms with van der Waals surface area (Å²) in [5, 5.41) is 1.93. The van der Waals surface area contributed by atoms with E-state index in [1.165, 1.54) is 2.88 Å². The maximum Gasteiger partial charge on any atom is 0.164 e. The van der Waals surface area contributed by atoms with Gasteiger partial charge < -0.3 is 0 Å². The third-order valence-corrected chi connectivity index (χ3v) is 3.82. The summed E-state index contributed by atoms with van der Waals surface area (Å²) in [6.45, 7) is 0. The third kappa shape index (κ3) is 3.06. The number of thioether (sulfide) groups is 1. The number of hydrogen-bond acceptors (Lipinski definition) is 3. The minimum atomic E-state index is 0.267. The number of carbonyl (C=O) groups is 1. The Morgan fingerprint density at radius 3 is 3.00 bits per heavy atom. The molecule has 1 aromatic rings. The molecule has 1 aromatic heterocycles. The number of carbonyl (C=O) groups excluding carboxylic acids is 1. The van der Waals surface area contributed by atoms with Gasteiger partial charge in [0.2, 0.25) is 0 Å². The van der Waals surface area contributed by atoms with Gasteiger partial charge in [-0.1, -0.05) is 0 Å². The van der Waals surface area contributed by atoms with Crippen molar-refractivity contribution >= 4 is 51.5 Å². The first kappa shape index (κ1) is 10.5. The van der Waals surface area contributed by atoms with Crippen molar-refractivity contribution in [2.75, 3.05) is 12.0 Å². The second-order valence-corrected chi connectivity index (χ2v) is 6.10. The quantitative estimate of drug-likeness (QED) is 0.627. The van der Waals surface area contributed by atoms with Crippen molar-refractivity contribution in [1.82, 2.24) is 0 Å². The molecule has 1 nitrogen and oxygen atoms in total. The number of rotatable bonds is 4. The van der Waals surface area contributed by atoms with E-state index in [1.54, 1.807) is 23.1 Å². The molecule has 0 atom stereocenters. The lowest BCUT2D eigenvalue weighted by Gasteiger charge is -1.94. The molecule has 4 heteroatoms. The normalized spacial score (nSPS) is 10.2. The fourth-order valence-electron chi connectivity index (χ4n) is 0.795. The van der Waals surface area contributed by atoms with Crippen LogP contribution in [0.5, 0.6) is 0 Å². The molecule has 0 saturated carbocycles. The van der Waals surface area contributed by atoms with E-state index in [9.17, 15) is 4.79 Å². The monoisotopic (exact) mass is 312 g/mol. The summed E-state index contributed by atoms with van der Waals surface area (Å²) in [5.74, 6) is 1.19. The van der Waals surface area contributed by atoms with Crippen LogP contribution in [0.2, 0.25) is 0 Å². The Morgan fingerprint density at radius 1 is 1.75 bits per heavy atom. The van der Waals surface area contributed by atoms with Gasteiger partial charge in [-0.05, 0) is 34.9 Å². The standard InChI is InChI=1S/C8H9IOS2/c1-11-3-2-7(10)6-4-8(9)12-5-6/h4-5H,2-3H2,1H3. The van der Waals surface area contributed by atoms with Crippen LogP contribution in [0.1, 0.15) is 16.8 Å². The molecule has 0 bridgehead atoms. The van der Waals surface area contributed by atoms with Crippen molar-refractivity contribution in [2.24, 2.45) is 0 Å². The fraction of sp³-hybridized carbons (Fsp3) is 0.375. The highest BCUT2D eigenvalue weighted by atomic mass is 127. The van der Waals surface area contributed by atoms with Gasteiger partial charge in [0.25, 0.3) is 0 Å². The lowest BCUT2D eigenvalue weighted by Crippen LogP contribution is -1.97. The number of Topliss-reactive ketones (excluding diaryl/α,β-unsaturated/α-hetero) is 1. The molecule has 1 rings (SSSR count). The summed E-state index contributed by atoms with van der Waals surface area (Å²) < 4.78 is 1.18. The van der Waals surface area contributed by atoms with Gasteiger partial charge in [-0.25, -0.2) is 0 Å². The van der Waals surface area contributed by atoms with Gasteiger partial charge in [0.15, 0.2) is 5.78 Å². The molecule has 0 unspecified atom stereocenters. The van der Waals surface area contributed by atoms with Gasteiger partial charge in [0.1, 0.15) is 0 Å². The summed E-state index contributed by atoms with van der Waals surface area (Å²) in [4.78, 5) is 11.4. The van der Waals surface area contributed by atoms with Crippen LogP contribution in [0, 0.1) is 2.88 Å². The molecule has 0 amide bonds. The highest BCUT2D eigenvalue weighted by molar-refractivity contribution is 14.1. The smallest absolute Gasteiger partial charge is 0.164 e. The molecule has 0 aromatic carbocycles. The third-order valence-electron chi connectivity index (χ3n) is 1.42. The fourth-order valence-corrected chi connectivity index (χ4v) is 2.54. The summed E-state index contributed by atoms with van der Waals surface area (Å²) in [7, 11) is 0. The molecule has 0 aliphatic carbocycles. The van der Waals surface area contributed by atoms with Crippen LogP contribution in [0.25, 0.3) is 0 Å². The van der Waals surface area contributed by atoms with Gasteiger partial charge in [-0.2, -0.15) is 11.8 Å². The van der Waals surface area contributed by atoms with Gasteiger partial charge in [0.05, 0.1) is 2.88 Å². The topological polar surface area (TPSA) is 17.1 Å². The molecule has 66 valence electrons. The average molecular weight is 312 g/mol. The van der Waals surface area contributed by atoms with Crippen LogP contribution in [0.4, 0.5) is 0 Å². The molecule has 0 aliphatic heterocycles. The van der Waals surface area contributed by atoms with Crippen LogP contribution in [-0.4, -0.2) is 17.8 Å². The van der Waals surface area contributed by atoms with E-state index in [1.807, 2.05) is 17.7 Å². The second-order valence-electron chi connectivity index (χ2n) is 2.31. The highest BCUT2D eigenvalue weighted by Crippen LogP contribution is 2.18. The SMILES string of the molecule is CSCCC(=O)c1csc(I)c1. The predicted octanol–water partition coefficient (Wildman–Crippen LogP) is 3.29. The largest absolute Gasteiger partial charge is 0.294 e. The average Bonchev–Trinajstić information content (AvgIpc) is 2.47. The molecule has 0 aliphatic rings. The van der Waals surface area contributed by atoms with E-state index in [0.29, 0.717) is 6.42 Å². The molecule has 12 heavy (non-hydrogen) atoms. The summed E-state index contributed by atoms with van der Waals surface area (Å²) in [6.07, 6.45) is 2.68. The van der Waals surface area contributed by atoms with Crippen LogP contribution < -0.4 is 0 Å². The van der Waals surface area contributed by atoms with E-state index in [0.717, 1.165) is 11.3 Å². The Bertz CT molecular complexity index is 270. The minimum absolute atomic E-state index is 0.267. The van der Waals surface area contributed by atoms with Gasteiger partial charge in [0, 0.05) is 23.1 Å². The van der Waals surface area contributed by atoms with Crippen LogP contribution in [-0.2, 0) is 0 Å². The molecule has 1 heterocycles. The molecule has 0 fully saturated rings. The molecule has 0 radical (unpaired) electrons. The predicted molar refractivity (Wildman–Crippen MR) is 64.4 cm³/mol. The van der Waals surface area contributed by atoms with Crippen molar-refractivity contribution in [3.63, 3.8) is 0 Å². The van der Waals surface area contributed by atoms with Gasteiger partial charge in [-0.15, -0.1) is 11.3 Å². The minimum Gasteiger partial charge on any atom is -0.294 e. The van der Waals surface area contributed by atoms with Crippen molar-refractivity contribution in [3.05, 3.63) is 19.9 Å². The molecule has 0 spiro atoms. The summed E-state index contributed by atoms with van der Waals surface area (Å²) >= 11 is 5.57. The van der Waals surface area contributed by atoms with E-state index in [2.05, 4.69) is 22.6 Å². The van der Waals surface area contributed by atoms with Gasteiger partial charge in [-0.3, -0.25) is 4.79 Å². The van der Waals surface area contributed by atoms with Crippen molar-refractivity contribution in [2.45, 2.75) is 6.42 Å². The number of ketones is 1. The van der Waals surface area contributed by atoms with E-state index < -0.39 is 0 Å². The Hall–Kier alpha value is 0.450. The van der Waals surface area contributed by atoms with E-state index >= 15 is 0 Å². The number of hydrogen-bond donors (Lipinski definition) is 0. The molecular formula is C8H9IOS2.